The van der Waals surface area contributed by atoms with Gasteiger partial charge in [0.05, 0.1) is 12.0 Å². The zero-order valence-corrected chi connectivity index (χ0v) is 10.3. The summed E-state index contributed by atoms with van der Waals surface area (Å²) in [5.41, 5.74) is 0.753. The molecule has 1 aromatic rings. The normalized spacial score (nSPS) is 19.3. The summed E-state index contributed by atoms with van der Waals surface area (Å²) in [6.07, 6.45) is 7.08. The highest BCUT2D eigenvalue weighted by atomic mass is 16.2. The lowest BCUT2D eigenvalue weighted by Gasteiger charge is -2.24. The molecule has 1 amide bonds. The van der Waals surface area contributed by atoms with E-state index >= 15 is 0 Å². The van der Waals surface area contributed by atoms with Crippen LogP contribution in [-0.4, -0.2) is 21.5 Å². The SMILES string of the molecule is O=C(Cn1cnc(C2CCC2)cc1=O)NC1CC1. The van der Waals surface area contributed by atoms with Gasteiger partial charge in [-0.05, 0) is 25.7 Å². The van der Waals surface area contributed by atoms with E-state index in [9.17, 15) is 9.59 Å². The van der Waals surface area contributed by atoms with Gasteiger partial charge in [-0.2, -0.15) is 0 Å². The molecule has 0 aliphatic heterocycles. The fraction of sp³-hybridized carbons (Fsp3) is 0.615. The lowest BCUT2D eigenvalue weighted by molar-refractivity contribution is -0.121. The van der Waals surface area contributed by atoms with Crippen LogP contribution in [0.3, 0.4) is 0 Å². The van der Waals surface area contributed by atoms with E-state index in [0.717, 1.165) is 31.4 Å². The van der Waals surface area contributed by atoms with Crippen molar-refractivity contribution in [3.8, 4) is 0 Å². The predicted octanol–water partition coefficient (Wildman–Crippen LogP) is 0.789. The van der Waals surface area contributed by atoms with Crippen LogP contribution in [0.15, 0.2) is 17.2 Å². The number of nitrogens with one attached hydrogen (secondary N) is 1. The van der Waals surface area contributed by atoms with Crippen molar-refractivity contribution in [2.75, 3.05) is 0 Å². The summed E-state index contributed by atoms with van der Waals surface area (Å²) in [7, 11) is 0. The Morgan fingerprint density at radius 2 is 2.17 bits per heavy atom. The van der Waals surface area contributed by atoms with Crippen LogP contribution in [0, 0.1) is 0 Å². The Morgan fingerprint density at radius 3 is 2.72 bits per heavy atom. The summed E-state index contributed by atoms with van der Waals surface area (Å²) in [5, 5.41) is 2.86. The number of hydrogen-bond donors (Lipinski definition) is 1. The van der Waals surface area contributed by atoms with Crippen LogP contribution in [0.4, 0.5) is 0 Å². The minimum absolute atomic E-state index is 0.0767. The molecule has 3 rings (SSSR count). The quantitative estimate of drug-likeness (QED) is 0.855. The topological polar surface area (TPSA) is 64.0 Å². The zero-order valence-electron chi connectivity index (χ0n) is 10.3. The third kappa shape index (κ3) is 2.44. The monoisotopic (exact) mass is 247 g/mol. The van der Waals surface area contributed by atoms with E-state index in [1.807, 2.05) is 0 Å². The molecule has 96 valence electrons. The number of carbonyl (C=O) groups excluding carboxylic acids is 1. The van der Waals surface area contributed by atoms with E-state index in [1.54, 1.807) is 6.07 Å². The second kappa shape index (κ2) is 4.55. The molecule has 2 saturated carbocycles. The molecule has 5 nitrogen and oxygen atoms in total. The minimum atomic E-state index is -0.127. The van der Waals surface area contributed by atoms with Gasteiger partial charge in [-0.1, -0.05) is 6.42 Å². The number of amides is 1. The first-order chi connectivity index (χ1) is 8.72. The van der Waals surface area contributed by atoms with Crippen molar-refractivity contribution in [1.82, 2.24) is 14.9 Å². The van der Waals surface area contributed by atoms with Gasteiger partial charge in [0.25, 0.3) is 5.56 Å². The average Bonchev–Trinajstić information content (AvgIpc) is 3.03. The molecule has 2 aliphatic carbocycles. The molecule has 0 bridgehead atoms. The van der Waals surface area contributed by atoms with Crippen LogP contribution in [0.1, 0.15) is 43.7 Å². The highest BCUT2D eigenvalue weighted by Crippen LogP contribution is 2.34. The molecule has 18 heavy (non-hydrogen) atoms. The molecule has 2 fully saturated rings. The van der Waals surface area contributed by atoms with Gasteiger partial charge in [-0.3, -0.25) is 14.2 Å². The van der Waals surface area contributed by atoms with Crippen molar-refractivity contribution in [2.45, 2.75) is 50.6 Å². The van der Waals surface area contributed by atoms with Crippen LogP contribution in [0.2, 0.25) is 0 Å². The van der Waals surface area contributed by atoms with Crippen LogP contribution >= 0.6 is 0 Å². The minimum Gasteiger partial charge on any atom is -0.352 e. The van der Waals surface area contributed by atoms with Gasteiger partial charge in [0.15, 0.2) is 0 Å². The van der Waals surface area contributed by atoms with Crippen molar-refractivity contribution >= 4 is 5.91 Å². The third-order valence-corrected chi connectivity index (χ3v) is 3.68. The molecule has 2 aliphatic rings. The van der Waals surface area contributed by atoms with Gasteiger partial charge in [-0.25, -0.2) is 4.98 Å². The van der Waals surface area contributed by atoms with Gasteiger partial charge in [0, 0.05) is 18.0 Å². The Bertz CT molecular complexity index is 515. The standard InChI is InChI=1S/C13H17N3O2/c17-12(15-10-4-5-10)7-16-8-14-11(6-13(16)18)9-2-1-3-9/h6,8-10H,1-5,7H2,(H,15,17). The van der Waals surface area contributed by atoms with Crippen molar-refractivity contribution in [2.24, 2.45) is 0 Å². The summed E-state index contributed by atoms with van der Waals surface area (Å²) < 4.78 is 1.37. The summed E-state index contributed by atoms with van der Waals surface area (Å²) in [6.45, 7) is 0.0767. The van der Waals surface area contributed by atoms with E-state index in [4.69, 9.17) is 0 Å². The summed E-state index contributed by atoms with van der Waals surface area (Å²) >= 11 is 0. The maximum absolute atomic E-state index is 11.9. The fourth-order valence-corrected chi connectivity index (χ4v) is 2.14. The number of hydrogen-bond acceptors (Lipinski definition) is 3. The van der Waals surface area contributed by atoms with Crippen molar-refractivity contribution in [3.63, 3.8) is 0 Å². The van der Waals surface area contributed by atoms with Gasteiger partial charge in [-0.15, -0.1) is 0 Å². The molecule has 0 saturated heterocycles. The Kier molecular flexibility index (Phi) is 2.89. The van der Waals surface area contributed by atoms with E-state index in [0.29, 0.717) is 12.0 Å². The molecule has 0 atom stereocenters. The van der Waals surface area contributed by atoms with Gasteiger partial charge >= 0.3 is 0 Å². The molecule has 5 heteroatoms. The second-order valence-corrected chi connectivity index (χ2v) is 5.25. The largest absolute Gasteiger partial charge is 0.352 e. The first-order valence-electron chi connectivity index (χ1n) is 6.58. The second-order valence-electron chi connectivity index (χ2n) is 5.25. The fourth-order valence-electron chi connectivity index (χ4n) is 2.14. The molecule has 1 N–H and O–H groups in total. The Morgan fingerprint density at radius 1 is 1.39 bits per heavy atom. The molecule has 0 unspecified atom stereocenters. The molecular formula is C13H17N3O2. The van der Waals surface area contributed by atoms with Gasteiger partial charge in [0.1, 0.15) is 6.54 Å². The molecule has 1 aromatic heterocycles. The number of aromatic nitrogens is 2. The van der Waals surface area contributed by atoms with Gasteiger partial charge in [0.2, 0.25) is 5.91 Å². The van der Waals surface area contributed by atoms with E-state index < -0.39 is 0 Å². The highest BCUT2D eigenvalue weighted by molar-refractivity contribution is 5.76. The number of nitrogens with zero attached hydrogens (tertiary/aromatic N) is 2. The van der Waals surface area contributed by atoms with Crippen LogP contribution < -0.4 is 10.9 Å². The molecule has 0 aromatic carbocycles. The molecule has 1 heterocycles. The molecular weight excluding hydrogens is 230 g/mol. The van der Waals surface area contributed by atoms with E-state index in [1.165, 1.54) is 17.3 Å². The number of carbonyl (C=O) groups is 1. The average molecular weight is 247 g/mol. The van der Waals surface area contributed by atoms with Crippen LogP contribution in [-0.2, 0) is 11.3 Å². The Hall–Kier alpha value is -1.65. The lowest BCUT2D eigenvalue weighted by atomic mass is 9.83. The van der Waals surface area contributed by atoms with Crippen molar-refractivity contribution < 1.29 is 4.79 Å². The van der Waals surface area contributed by atoms with Crippen molar-refractivity contribution in [1.29, 1.82) is 0 Å². The van der Waals surface area contributed by atoms with Crippen molar-refractivity contribution in [3.05, 3.63) is 28.4 Å². The summed E-state index contributed by atoms with van der Waals surface area (Å²) in [5.74, 6) is 0.352. The molecule has 0 radical (unpaired) electrons. The van der Waals surface area contributed by atoms with E-state index in [-0.39, 0.29) is 18.0 Å². The Labute approximate surface area is 105 Å². The van der Waals surface area contributed by atoms with E-state index in [2.05, 4.69) is 10.3 Å². The first kappa shape index (κ1) is 11.4. The van der Waals surface area contributed by atoms with Gasteiger partial charge < -0.3 is 5.32 Å². The maximum atomic E-state index is 11.9. The highest BCUT2D eigenvalue weighted by Gasteiger charge is 2.24. The summed E-state index contributed by atoms with van der Waals surface area (Å²) in [6, 6.07) is 1.91. The zero-order chi connectivity index (χ0) is 12.5. The molecule has 0 spiro atoms. The lowest BCUT2D eigenvalue weighted by Crippen LogP contribution is -2.33. The van der Waals surface area contributed by atoms with Crippen LogP contribution in [0.5, 0.6) is 0 Å². The van der Waals surface area contributed by atoms with Crippen LogP contribution in [0.25, 0.3) is 0 Å². The maximum Gasteiger partial charge on any atom is 0.254 e. The summed E-state index contributed by atoms with van der Waals surface area (Å²) in [4.78, 5) is 27.8. The predicted molar refractivity (Wildman–Crippen MR) is 66.3 cm³/mol. The Balaban J connectivity index is 1.67. The number of rotatable bonds is 4. The first-order valence-corrected chi connectivity index (χ1v) is 6.58. The smallest absolute Gasteiger partial charge is 0.254 e. The third-order valence-electron chi connectivity index (χ3n) is 3.68.